The third-order valence-corrected chi connectivity index (χ3v) is 6.19. The lowest BCUT2D eigenvalue weighted by Crippen LogP contribution is -2.40. The molecular weight excluding hydrogens is 558 g/mol. The van der Waals surface area contributed by atoms with Gasteiger partial charge in [0, 0.05) is 0 Å². The van der Waals surface area contributed by atoms with Crippen molar-refractivity contribution in [3.05, 3.63) is 69.3 Å². The predicted molar refractivity (Wildman–Crippen MR) is 142 cm³/mol. The van der Waals surface area contributed by atoms with Crippen LogP contribution in [0.25, 0.3) is 46.4 Å². The molecule has 16 heteroatoms. The lowest BCUT2D eigenvalue weighted by Gasteiger charge is -2.12. The van der Waals surface area contributed by atoms with Crippen LogP contribution in [-0.4, -0.2) is 86.4 Å². The minimum Gasteiger partial charge on any atom is -0.478 e. The van der Waals surface area contributed by atoms with Gasteiger partial charge in [0.1, 0.15) is 16.7 Å². The van der Waals surface area contributed by atoms with Crippen molar-refractivity contribution in [3.63, 3.8) is 0 Å². The lowest BCUT2D eigenvalue weighted by molar-refractivity contribution is 0.0687. The first-order valence-corrected chi connectivity index (χ1v) is 11.6. The van der Waals surface area contributed by atoms with Gasteiger partial charge in [0.05, 0.1) is 50.4 Å². The van der Waals surface area contributed by atoms with Gasteiger partial charge in [-0.3, -0.25) is 4.79 Å². The smallest absolute Gasteiger partial charge is 0.424 e. The van der Waals surface area contributed by atoms with E-state index in [1.807, 2.05) is 0 Å². The number of carboxylic acids is 3. The molecule has 210 valence electrons. The number of hydrogen-bond donors (Lipinski definition) is 7. The van der Waals surface area contributed by atoms with Gasteiger partial charge in [-0.2, -0.15) is 0 Å². The molecule has 5 rings (SSSR count). The fourth-order valence-electron chi connectivity index (χ4n) is 4.47. The van der Waals surface area contributed by atoms with Gasteiger partial charge in [0.2, 0.25) is 0 Å². The van der Waals surface area contributed by atoms with E-state index in [2.05, 4.69) is 19.9 Å². The average molecular weight is 573 g/mol. The molecule has 0 saturated carbocycles. The Hall–Kier alpha value is -6.58. The molecule has 0 aromatic carbocycles. The first-order chi connectivity index (χ1) is 19.9. The van der Waals surface area contributed by atoms with Crippen molar-refractivity contribution in [2.24, 2.45) is 0 Å². The quantitative estimate of drug-likeness (QED) is 0.162. The number of H-pyrrole nitrogens is 2. The molecule has 0 aliphatic carbocycles. The number of rotatable bonds is 4. The van der Waals surface area contributed by atoms with Gasteiger partial charge in [-0.05, 0) is 48.6 Å². The van der Waals surface area contributed by atoms with Gasteiger partial charge in [0.15, 0.2) is 0 Å². The van der Waals surface area contributed by atoms with Gasteiger partial charge in [0.25, 0.3) is 5.91 Å². The zero-order valence-corrected chi connectivity index (χ0v) is 20.6. The zero-order chi connectivity index (χ0) is 30.5. The van der Waals surface area contributed by atoms with Gasteiger partial charge in [-0.25, -0.2) is 33.9 Å². The van der Waals surface area contributed by atoms with Gasteiger partial charge < -0.3 is 35.5 Å². The SMILES string of the molecule is O=C(O)c1c2nc(c(C(=O)O)c3ccc([nH]3)c(C(=O)N(C(=O)O)C(=O)O)c3nc(c(C(=O)O)c4ccc1[nH]4)C=C3)C=C2. The van der Waals surface area contributed by atoms with Crippen LogP contribution in [-0.2, 0) is 0 Å². The fourth-order valence-corrected chi connectivity index (χ4v) is 4.47. The molecule has 16 nitrogen and oxygen atoms in total. The third-order valence-electron chi connectivity index (χ3n) is 6.19. The Morgan fingerprint density at radius 1 is 0.500 bits per heavy atom. The van der Waals surface area contributed by atoms with Crippen LogP contribution in [0.5, 0.6) is 0 Å². The minimum atomic E-state index is -2.14. The van der Waals surface area contributed by atoms with Crippen LogP contribution in [0.1, 0.15) is 64.2 Å². The number of carbonyl (C=O) groups is 6. The number of nitrogens with zero attached hydrogens (tertiary/aromatic N) is 3. The van der Waals surface area contributed by atoms with Crippen LogP contribution in [0.15, 0.2) is 24.3 Å². The summed E-state index contributed by atoms with van der Waals surface area (Å²) in [6, 6.07) is 4.89. The lowest BCUT2D eigenvalue weighted by atomic mass is 10.1. The Balaban J connectivity index is 2.04. The second-order valence-electron chi connectivity index (χ2n) is 8.62. The summed E-state index contributed by atoms with van der Waals surface area (Å²) in [6.07, 6.45) is 0.503. The minimum absolute atomic E-state index is 0.0696. The molecule has 0 radical (unpaired) electrons. The summed E-state index contributed by atoms with van der Waals surface area (Å²) in [7, 11) is 0. The molecule has 0 atom stereocenters. The molecule has 3 aromatic rings. The highest BCUT2D eigenvalue weighted by Gasteiger charge is 2.33. The molecule has 8 bridgehead atoms. The van der Waals surface area contributed by atoms with E-state index in [1.165, 1.54) is 36.4 Å². The van der Waals surface area contributed by atoms with Crippen molar-refractivity contribution in [3.8, 4) is 0 Å². The summed E-state index contributed by atoms with van der Waals surface area (Å²) in [5, 5.41) is 48.7. The Kier molecular flexibility index (Phi) is 6.34. The second-order valence-corrected chi connectivity index (χ2v) is 8.62. The molecule has 3 aromatic heterocycles. The van der Waals surface area contributed by atoms with Crippen molar-refractivity contribution >= 4 is 82.4 Å². The predicted octanol–water partition coefficient (Wildman–Crippen LogP) is 3.55. The summed E-state index contributed by atoms with van der Waals surface area (Å²) >= 11 is 0. The van der Waals surface area contributed by atoms with E-state index < -0.39 is 57.6 Å². The maximum Gasteiger partial charge on any atom is 0.424 e. The molecule has 2 aliphatic rings. The number of aromatic nitrogens is 4. The highest BCUT2D eigenvalue weighted by Crippen LogP contribution is 2.28. The van der Waals surface area contributed by atoms with E-state index in [0.717, 1.165) is 12.1 Å². The molecule has 2 aliphatic heterocycles. The average Bonchev–Trinajstić information content (AvgIpc) is 3.69. The number of hydrogen-bond acceptors (Lipinski definition) is 8. The number of carbonyl (C=O) groups excluding carboxylic acids is 1. The van der Waals surface area contributed by atoms with Gasteiger partial charge >= 0.3 is 30.1 Å². The normalized spacial score (nSPS) is 11.7. The number of imide groups is 3. The molecule has 42 heavy (non-hydrogen) atoms. The van der Waals surface area contributed by atoms with Crippen LogP contribution < -0.4 is 0 Å². The summed E-state index contributed by atoms with van der Waals surface area (Å²) in [5.74, 6) is -6.04. The van der Waals surface area contributed by atoms with E-state index in [1.54, 1.807) is 0 Å². The fraction of sp³-hybridized carbons (Fsp3) is 0. The summed E-state index contributed by atoms with van der Waals surface area (Å²) < 4.78 is 0. The van der Waals surface area contributed by atoms with Crippen LogP contribution in [0.3, 0.4) is 0 Å². The first-order valence-electron chi connectivity index (χ1n) is 11.6. The topological polar surface area (TPSA) is 264 Å². The molecule has 3 amide bonds. The summed E-state index contributed by atoms with van der Waals surface area (Å²) in [6.45, 7) is 0. The summed E-state index contributed by atoms with van der Waals surface area (Å²) in [5.41, 5.74) is -3.51. The Morgan fingerprint density at radius 3 is 1.07 bits per heavy atom. The Bertz CT molecular complexity index is 1990. The van der Waals surface area contributed by atoms with Crippen molar-refractivity contribution in [1.29, 1.82) is 0 Å². The van der Waals surface area contributed by atoms with Crippen LogP contribution in [0.2, 0.25) is 0 Å². The van der Waals surface area contributed by atoms with Crippen LogP contribution in [0, 0.1) is 0 Å². The van der Waals surface area contributed by atoms with Crippen LogP contribution >= 0.6 is 0 Å². The maximum absolute atomic E-state index is 13.3. The van der Waals surface area contributed by atoms with Crippen molar-refractivity contribution < 1.29 is 54.3 Å². The zero-order valence-electron chi connectivity index (χ0n) is 20.6. The third kappa shape index (κ3) is 4.39. The maximum atomic E-state index is 13.3. The molecule has 5 heterocycles. The standard InChI is InChI=1S/C26H15N5O11/c32-21(31(25(39)40)26(41)42)17-9-1-3-11(27-9)18(22(33)34)13-5-7-15(29-13)20(24(37)38)16-8-6-14(30-16)19(23(35)36)12-4-2-10(17)28-12/h1-8,27,30H,(H,33,34)(H,35,36)(H,37,38)(H,39,40)(H,41,42). The molecular formula is C26H15N5O11. The number of aromatic carboxylic acids is 3. The van der Waals surface area contributed by atoms with Gasteiger partial charge in [-0.1, -0.05) is 0 Å². The van der Waals surface area contributed by atoms with Crippen molar-refractivity contribution in [1.82, 2.24) is 24.8 Å². The number of fused-ring (bicyclic) bond motifs is 8. The van der Waals surface area contributed by atoms with E-state index in [9.17, 15) is 54.3 Å². The number of nitrogens with one attached hydrogen (secondary N) is 2. The van der Waals surface area contributed by atoms with E-state index >= 15 is 0 Å². The number of amides is 3. The Labute approximate surface area is 231 Å². The largest absolute Gasteiger partial charge is 0.478 e. The number of carboxylic acid groups (broad SMARTS) is 5. The van der Waals surface area contributed by atoms with Crippen LogP contribution in [0.4, 0.5) is 9.59 Å². The first kappa shape index (κ1) is 27.0. The molecule has 7 N–H and O–H groups in total. The van der Waals surface area contributed by atoms with Crippen molar-refractivity contribution in [2.75, 3.05) is 0 Å². The molecule has 0 spiro atoms. The molecule has 0 fully saturated rings. The second kappa shape index (κ2) is 9.87. The Morgan fingerprint density at radius 2 is 0.786 bits per heavy atom. The van der Waals surface area contributed by atoms with Crippen molar-refractivity contribution in [2.45, 2.75) is 0 Å². The highest BCUT2D eigenvalue weighted by molar-refractivity contribution is 6.17. The van der Waals surface area contributed by atoms with E-state index in [-0.39, 0.29) is 50.4 Å². The monoisotopic (exact) mass is 573 g/mol. The van der Waals surface area contributed by atoms with E-state index in [4.69, 9.17) is 0 Å². The summed E-state index contributed by atoms with van der Waals surface area (Å²) in [4.78, 5) is 86.5. The highest BCUT2D eigenvalue weighted by atomic mass is 16.4. The molecule has 0 saturated heterocycles. The molecule has 0 unspecified atom stereocenters. The number of aromatic amines is 2. The van der Waals surface area contributed by atoms with E-state index in [0.29, 0.717) is 0 Å². The van der Waals surface area contributed by atoms with Gasteiger partial charge in [-0.15, -0.1) is 4.90 Å².